The van der Waals surface area contributed by atoms with Gasteiger partial charge in [0.15, 0.2) is 0 Å². The molecule has 3 aromatic rings. The van der Waals surface area contributed by atoms with Crippen LogP contribution in [0.15, 0.2) is 91.0 Å². The summed E-state index contributed by atoms with van der Waals surface area (Å²) in [6.45, 7) is 6.97. The maximum atomic E-state index is 14.0. The van der Waals surface area contributed by atoms with Crippen molar-refractivity contribution >= 4 is 11.4 Å². The highest BCUT2D eigenvalue weighted by atomic mass is 16.1. The molecule has 3 aliphatic carbocycles. The predicted octanol–water partition coefficient (Wildman–Crippen LogP) is 10.6. The molecular weight excluding hydrogens is 544 g/mol. The Morgan fingerprint density at radius 3 is 2.27 bits per heavy atom. The molecule has 6 rings (SSSR count). The van der Waals surface area contributed by atoms with Gasteiger partial charge in [0.25, 0.3) is 0 Å². The van der Waals surface area contributed by atoms with E-state index < -0.39 is 0 Å². The van der Waals surface area contributed by atoms with E-state index in [9.17, 15) is 4.79 Å². The van der Waals surface area contributed by atoms with Gasteiger partial charge in [0.1, 0.15) is 5.78 Å². The van der Waals surface area contributed by atoms with Crippen LogP contribution in [0.1, 0.15) is 105 Å². The van der Waals surface area contributed by atoms with Gasteiger partial charge in [-0.2, -0.15) is 0 Å². The molecule has 0 aromatic heterocycles. The Balaban J connectivity index is 1.13. The first-order valence-electron chi connectivity index (χ1n) is 17.4. The number of hydrogen-bond donors (Lipinski definition) is 0. The SMILES string of the molecule is C#Cc1ccc(CC2CCC(C(C(=O)CCc3ccccc3)c3ccc(C4=CC(C)C=C4)cc3)CC2)cc1CC1CC(C)(C)C1. The normalized spacial score (nSPS) is 23.2. The molecule has 0 spiro atoms. The van der Waals surface area contributed by atoms with E-state index in [1.807, 2.05) is 6.07 Å². The summed E-state index contributed by atoms with van der Waals surface area (Å²) in [4.78, 5) is 14.0. The number of carbonyl (C=O) groups excluding carboxylic acids is 1. The van der Waals surface area contributed by atoms with Gasteiger partial charge >= 0.3 is 0 Å². The topological polar surface area (TPSA) is 17.1 Å². The first-order valence-corrected chi connectivity index (χ1v) is 17.4. The van der Waals surface area contributed by atoms with Crippen LogP contribution < -0.4 is 0 Å². The Morgan fingerprint density at radius 2 is 1.62 bits per heavy atom. The van der Waals surface area contributed by atoms with E-state index in [2.05, 4.69) is 112 Å². The fourth-order valence-electron chi connectivity index (χ4n) is 8.62. The van der Waals surface area contributed by atoms with Crippen LogP contribution >= 0.6 is 0 Å². The molecule has 2 atom stereocenters. The van der Waals surface area contributed by atoms with E-state index in [0.717, 1.165) is 43.6 Å². The molecule has 2 fully saturated rings. The molecule has 0 saturated heterocycles. The van der Waals surface area contributed by atoms with Crippen LogP contribution in [0.5, 0.6) is 0 Å². The predicted molar refractivity (Wildman–Crippen MR) is 189 cm³/mol. The van der Waals surface area contributed by atoms with E-state index in [-0.39, 0.29) is 5.92 Å². The van der Waals surface area contributed by atoms with Gasteiger partial charge in [-0.1, -0.05) is 112 Å². The molecule has 2 unspecified atom stereocenters. The quantitative estimate of drug-likeness (QED) is 0.202. The van der Waals surface area contributed by atoms with Crippen LogP contribution in [0.3, 0.4) is 0 Å². The van der Waals surface area contributed by atoms with Crippen LogP contribution in [0.2, 0.25) is 0 Å². The maximum Gasteiger partial charge on any atom is 0.140 e. The second-order valence-corrected chi connectivity index (χ2v) is 15.2. The van der Waals surface area contributed by atoms with Gasteiger partial charge in [0, 0.05) is 17.9 Å². The highest BCUT2D eigenvalue weighted by Gasteiger charge is 2.36. The third-order valence-electron chi connectivity index (χ3n) is 10.9. The molecule has 3 aromatic carbocycles. The minimum Gasteiger partial charge on any atom is -0.299 e. The van der Waals surface area contributed by atoms with Gasteiger partial charge in [-0.25, -0.2) is 0 Å². The summed E-state index contributed by atoms with van der Waals surface area (Å²) in [6, 6.07) is 26.3. The summed E-state index contributed by atoms with van der Waals surface area (Å²) in [5, 5.41) is 0. The van der Waals surface area contributed by atoms with Gasteiger partial charge in [0.05, 0.1) is 0 Å². The standard InChI is InChI=1S/C44H50O/c1-5-36-17-14-34(27-41(36)28-35-29-44(3,4)30-35)26-33-12-18-38(19-13-33)43(42(45)24-15-32-9-7-6-8-10-32)39-22-20-37(21-23-39)40-16-11-31(2)25-40/h1,6-11,14,16-17,20-23,25,27,31,33,35,38,43H,12-13,15,18-19,24,26,28-30H2,2-4H3. The highest BCUT2D eigenvalue weighted by Crippen LogP contribution is 2.46. The number of ketones is 1. The minimum absolute atomic E-state index is 0.0241. The molecule has 0 bridgehead atoms. The van der Waals surface area contributed by atoms with Crippen molar-refractivity contribution in [1.29, 1.82) is 0 Å². The zero-order chi connectivity index (χ0) is 31.4. The largest absolute Gasteiger partial charge is 0.299 e. The van der Waals surface area contributed by atoms with Gasteiger partial charge < -0.3 is 0 Å². The smallest absolute Gasteiger partial charge is 0.140 e. The Kier molecular flexibility index (Phi) is 9.61. The first kappa shape index (κ1) is 31.4. The van der Waals surface area contributed by atoms with Crippen LogP contribution in [0.4, 0.5) is 0 Å². The van der Waals surface area contributed by atoms with Crippen molar-refractivity contribution in [2.24, 2.45) is 29.1 Å². The number of aryl methyl sites for hydroxylation is 1. The maximum absolute atomic E-state index is 14.0. The molecule has 0 N–H and O–H groups in total. The molecule has 0 amide bonds. The first-order chi connectivity index (χ1) is 21.8. The van der Waals surface area contributed by atoms with E-state index >= 15 is 0 Å². The number of carbonyl (C=O) groups is 1. The van der Waals surface area contributed by atoms with Crippen LogP contribution in [0, 0.1) is 41.4 Å². The van der Waals surface area contributed by atoms with Gasteiger partial charge in [-0.3, -0.25) is 4.79 Å². The minimum atomic E-state index is -0.0241. The molecule has 0 heterocycles. The van der Waals surface area contributed by atoms with Gasteiger partial charge in [0.2, 0.25) is 0 Å². The van der Waals surface area contributed by atoms with E-state index in [1.165, 1.54) is 59.1 Å². The molecule has 1 nitrogen and oxygen atoms in total. The van der Waals surface area contributed by atoms with Crippen molar-refractivity contribution in [3.05, 3.63) is 124 Å². The van der Waals surface area contributed by atoms with E-state index in [1.54, 1.807) is 0 Å². The van der Waals surface area contributed by atoms with E-state index in [4.69, 9.17) is 6.42 Å². The van der Waals surface area contributed by atoms with Crippen molar-refractivity contribution < 1.29 is 4.79 Å². The van der Waals surface area contributed by atoms with Crippen molar-refractivity contribution in [2.75, 3.05) is 0 Å². The number of hydrogen-bond acceptors (Lipinski definition) is 1. The lowest BCUT2D eigenvalue weighted by Crippen LogP contribution is -2.33. The molecular formula is C44H50O. The Bertz CT molecular complexity index is 1560. The zero-order valence-electron chi connectivity index (χ0n) is 27.6. The van der Waals surface area contributed by atoms with Crippen molar-refractivity contribution in [2.45, 2.75) is 90.9 Å². The van der Waals surface area contributed by atoms with Gasteiger partial charge in [-0.05, 0) is 126 Å². The molecule has 0 aliphatic heterocycles. The highest BCUT2D eigenvalue weighted by molar-refractivity contribution is 5.86. The zero-order valence-corrected chi connectivity index (χ0v) is 27.6. The van der Waals surface area contributed by atoms with Crippen molar-refractivity contribution in [3.63, 3.8) is 0 Å². The van der Waals surface area contributed by atoms with E-state index in [0.29, 0.717) is 35.4 Å². The number of benzene rings is 3. The number of Topliss-reactive ketones (excluding diaryl/α,β-unsaturated/α-hetero) is 1. The summed E-state index contributed by atoms with van der Waals surface area (Å²) in [6.07, 6.45) is 23.5. The third kappa shape index (κ3) is 7.79. The molecule has 0 radical (unpaired) electrons. The number of terminal acetylenes is 1. The summed E-state index contributed by atoms with van der Waals surface area (Å²) in [5.74, 6) is 5.64. The monoisotopic (exact) mass is 594 g/mol. The fourth-order valence-corrected chi connectivity index (χ4v) is 8.62. The van der Waals surface area contributed by atoms with Crippen LogP contribution in [-0.4, -0.2) is 5.78 Å². The number of rotatable bonds is 11. The summed E-state index contributed by atoms with van der Waals surface area (Å²) < 4.78 is 0. The Hall–Kier alpha value is -3.63. The second-order valence-electron chi connectivity index (χ2n) is 15.2. The molecule has 3 aliphatic rings. The lowest BCUT2D eigenvalue weighted by atomic mass is 9.62. The fraction of sp³-hybridized carbons (Fsp3) is 0.432. The summed E-state index contributed by atoms with van der Waals surface area (Å²) in [5.41, 5.74) is 9.34. The van der Waals surface area contributed by atoms with Crippen molar-refractivity contribution in [3.8, 4) is 12.3 Å². The average molecular weight is 595 g/mol. The third-order valence-corrected chi connectivity index (χ3v) is 10.9. The average Bonchev–Trinajstić information content (AvgIpc) is 3.47. The van der Waals surface area contributed by atoms with Crippen molar-refractivity contribution in [1.82, 2.24) is 0 Å². The van der Waals surface area contributed by atoms with Crippen LogP contribution in [0.25, 0.3) is 5.57 Å². The van der Waals surface area contributed by atoms with Gasteiger partial charge in [-0.15, -0.1) is 6.42 Å². The van der Waals surface area contributed by atoms with Crippen LogP contribution in [-0.2, 0) is 24.1 Å². The molecule has 45 heavy (non-hydrogen) atoms. The Morgan fingerprint density at radius 1 is 0.889 bits per heavy atom. The second kappa shape index (κ2) is 13.8. The molecule has 1 heteroatoms. The lowest BCUT2D eigenvalue weighted by molar-refractivity contribution is -0.122. The molecule has 232 valence electrons. The number of allylic oxidation sites excluding steroid dienone is 4. The lowest BCUT2D eigenvalue weighted by Gasteiger charge is -2.43. The Labute approximate surface area is 272 Å². The summed E-state index contributed by atoms with van der Waals surface area (Å²) in [7, 11) is 0. The summed E-state index contributed by atoms with van der Waals surface area (Å²) >= 11 is 0. The molecule has 2 saturated carbocycles.